The third-order valence-electron chi connectivity index (χ3n) is 4.01. The Bertz CT molecular complexity index is 781. The summed E-state index contributed by atoms with van der Waals surface area (Å²) in [5, 5.41) is 14.5. The molecule has 0 unspecified atom stereocenters. The summed E-state index contributed by atoms with van der Waals surface area (Å²) in [6.07, 6.45) is 2.47. The number of nitro benzene ring substituents is 1. The summed E-state index contributed by atoms with van der Waals surface area (Å²) >= 11 is 0. The van der Waals surface area contributed by atoms with Gasteiger partial charge in [0.15, 0.2) is 0 Å². The second-order valence-corrected chi connectivity index (χ2v) is 6.64. The van der Waals surface area contributed by atoms with Crippen molar-refractivity contribution >= 4 is 17.8 Å². The first-order valence-corrected chi connectivity index (χ1v) is 8.53. The lowest BCUT2D eigenvalue weighted by Crippen LogP contribution is -2.23. The fourth-order valence-electron chi connectivity index (χ4n) is 2.51. The van der Waals surface area contributed by atoms with E-state index in [2.05, 4.69) is 36.5 Å². The fraction of sp³-hybridized carbons (Fsp3) is 0.300. The van der Waals surface area contributed by atoms with Crippen molar-refractivity contribution in [3.05, 3.63) is 75.3 Å². The van der Waals surface area contributed by atoms with Crippen LogP contribution in [0.2, 0.25) is 0 Å². The van der Waals surface area contributed by atoms with Crippen LogP contribution < -0.4 is 5.43 Å². The SMILES string of the molecule is CC(C)Cc1ccc([C@H](C)C(=O)N/N=C\c2ccc([N+](=O)[O-])cc2)cc1. The highest BCUT2D eigenvalue weighted by Crippen LogP contribution is 2.17. The van der Waals surface area contributed by atoms with Gasteiger partial charge < -0.3 is 0 Å². The van der Waals surface area contributed by atoms with E-state index in [9.17, 15) is 14.9 Å². The van der Waals surface area contributed by atoms with Crippen LogP contribution in [-0.4, -0.2) is 17.0 Å². The Kier molecular flexibility index (Phi) is 6.60. The fourth-order valence-corrected chi connectivity index (χ4v) is 2.51. The molecule has 26 heavy (non-hydrogen) atoms. The van der Waals surface area contributed by atoms with Crippen LogP contribution in [-0.2, 0) is 11.2 Å². The van der Waals surface area contributed by atoms with Crippen molar-refractivity contribution in [2.45, 2.75) is 33.1 Å². The van der Waals surface area contributed by atoms with Crippen molar-refractivity contribution in [2.24, 2.45) is 11.0 Å². The number of hydrogen-bond acceptors (Lipinski definition) is 4. The first-order valence-electron chi connectivity index (χ1n) is 8.53. The van der Waals surface area contributed by atoms with Gasteiger partial charge in [0.25, 0.3) is 5.69 Å². The normalized spacial score (nSPS) is 12.3. The monoisotopic (exact) mass is 353 g/mol. The van der Waals surface area contributed by atoms with Gasteiger partial charge in [-0.15, -0.1) is 0 Å². The predicted octanol–water partition coefficient (Wildman–Crippen LogP) is 4.05. The second-order valence-electron chi connectivity index (χ2n) is 6.64. The molecule has 0 radical (unpaired) electrons. The van der Waals surface area contributed by atoms with E-state index in [1.807, 2.05) is 19.1 Å². The van der Waals surface area contributed by atoms with Crippen LogP contribution >= 0.6 is 0 Å². The van der Waals surface area contributed by atoms with E-state index in [0.717, 1.165) is 12.0 Å². The molecule has 0 aliphatic rings. The Labute approximate surface area is 153 Å². The Balaban J connectivity index is 1.93. The summed E-state index contributed by atoms with van der Waals surface area (Å²) in [4.78, 5) is 22.4. The molecule has 0 fully saturated rings. The van der Waals surface area contributed by atoms with Gasteiger partial charge in [0.2, 0.25) is 5.91 Å². The maximum Gasteiger partial charge on any atom is 0.269 e. The van der Waals surface area contributed by atoms with Gasteiger partial charge in [0.1, 0.15) is 0 Å². The largest absolute Gasteiger partial charge is 0.272 e. The number of hydrogen-bond donors (Lipinski definition) is 1. The number of nitrogens with zero attached hydrogens (tertiary/aromatic N) is 2. The number of rotatable bonds is 7. The average molecular weight is 353 g/mol. The first kappa shape index (κ1) is 19.3. The predicted molar refractivity (Wildman–Crippen MR) is 102 cm³/mol. The zero-order valence-corrected chi connectivity index (χ0v) is 15.2. The molecule has 2 aromatic carbocycles. The van der Waals surface area contributed by atoms with E-state index in [1.54, 1.807) is 12.1 Å². The quantitative estimate of drug-likeness (QED) is 0.463. The number of carbonyl (C=O) groups excluding carboxylic acids is 1. The van der Waals surface area contributed by atoms with E-state index >= 15 is 0 Å². The van der Waals surface area contributed by atoms with Crippen LogP contribution in [0.1, 0.15) is 43.4 Å². The van der Waals surface area contributed by atoms with E-state index < -0.39 is 4.92 Å². The number of benzene rings is 2. The highest BCUT2D eigenvalue weighted by Gasteiger charge is 2.14. The lowest BCUT2D eigenvalue weighted by molar-refractivity contribution is -0.384. The third kappa shape index (κ3) is 5.51. The number of carbonyl (C=O) groups is 1. The van der Waals surface area contributed by atoms with E-state index in [4.69, 9.17) is 0 Å². The molecule has 1 atom stereocenters. The molecule has 2 rings (SSSR count). The number of amides is 1. The van der Waals surface area contributed by atoms with Gasteiger partial charge in [-0.3, -0.25) is 14.9 Å². The number of nitrogens with one attached hydrogen (secondary N) is 1. The van der Waals surface area contributed by atoms with Crippen LogP contribution in [0.15, 0.2) is 53.6 Å². The van der Waals surface area contributed by atoms with Crippen LogP contribution in [0.3, 0.4) is 0 Å². The Hall–Kier alpha value is -3.02. The lowest BCUT2D eigenvalue weighted by atomic mass is 9.96. The molecule has 136 valence electrons. The zero-order valence-electron chi connectivity index (χ0n) is 15.2. The van der Waals surface area contributed by atoms with E-state index in [0.29, 0.717) is 11.5 Å². The van der Waals surface area contributed by atoms with Gasteiger partial charge in [-0.1, -0.05) is 38.1 Å². The van der Waals surface area contributed by atoms with E-state index in [1.165, 1.54) is 23.9 Å². The highest BCUT2D eigenvalue weighted by atomic mass is 16.6. The van der Waals surface area contributed by atoms with E-state index in [-0.39, 0.29) is 17.5 Å². The molecule has 0 saturated heterocycles. The molecule has 0 aliphatic carbocycles. The standard InChI is InChI=1S/C20H23N3O3/c1-14(2)12-16-4-8-18(9-5-16)15(3)20(24)22-21-13-17-6-10-19(11-7-17)23(25)26/h4-11,13-15H,12H2,1-3H3,(H,22,24)/b21-13-/t15-/m0/s1. The van der Waals surface area contributed by atoms with Crippen LogP contribution in [0, 0.1) is 16.0 Å². The van der Waals surface area contributed by atoms with Crippen molar-refractivity contribution in [1.82, 2.24) is 5.43 Å². The van der Waals surface area contributed by atoms with Crippen molar-refractivity contribution in [2.75, 3.05) is 0 Å². The molecule has 0 spiro atoms. The molecule has 0 saturated carbocycles. The molecule has 6 nitrogen and oxygen atoms in total. The van der Waals surface area contributed by atoms with Crippen LogP contribution in [0.5, 0.6) is 0 Å². The maximum absolute atomic E-state index is 12.2. The molecular formula is C20H23N3O3. The molecule has 1 amide bonds. The number of nitro groups is 1. The molecule has 6 heteroatoms. The molecule has 1 N–H and O–H groups in total. The van der Waals surface area contributed by atoms with Crippen molar-refractivity contribution in [3.8, 4) is 0 Å². The summed E-state index contributed by atoms with van der Waals surface area (Å²) < 4.78 is 0. The molecule has 0 bridgehead atoms. The lowest BCUT2D eigenvalue weighted by Gasteiger charge is -2.11. The van der Waals surface area contributed by atoms with Crippen molar-refractivity contribution in [1.29, 1.82) is 0 Å². The topological polar surface area (TPSA) is 84.6 Å². The molecular weight excluding hydrogens is 330 g/mol. The number of hydrazone groups is 1. The third-order valence-corrected chi connectivity index (χ3v) is 4.01. The Morgan fingerprint density at radius 1 is 1.12 bits per heavy atom. The Morgan fingerprint density at radius 2 is 1.73 bits per heavy atom. The minimum atomic E-state index is -0.461. The summed E-state index contributed by atoms with van der Waals surface area (Å²) in [6.45, 7) is 6.17. The molecule has 0 heterocycles. The first-order chi connectivity index (χ1) is 12.4. The second kappa shape index (κ2) is 8.89. The van der Waals surface area contributed by atoms with Crippen LogP contribution in [0.25, 0.3) is 0 Å². The average Bonchev–Trinajstić information content (AvgIpc) is 2.61. The van der Waals surface area contributed by atoms with Crippen LogP contribution in [0.4, 0.5) is 5.69 Å². The van der Waals surface area contributed by atoms with Gasteiger partial charge >= 0.3 is 0 Å². The summed E-state index contributed by atoms with van der Waals surface area (Å²) in [6, 6.07) is 14.0. The van der Waals surface area contributed by atoms with Crippen molar-refractivity contribution in [3.63, 3.8) is 0 Å². The summed E-state index contributed by atoms with van der Waals surface area (Å²) in [5.74, 6) is 0.0622. The van der Waals surface area contributed by atoms with Gasteiger partial charge in [0.05, 0.1) is 17.1 Å². The highest BCUT2D eigenvalue weighted by molar-refractivity contribution is 5.85. The molecule has 0 aromatic heterocycles. The zero-order chi connectivity index (χ0) is 19.1. The summed E-state index contributed by atoms with van der Waals surface area (Å²) in [5.41, 5.74) is 5.38. The van der Waals surface area contributed by atoms with Gasteiger partial charge in [0, 0.05) is 12.1 Å². The molecule has 0 aliphatic heterocycles. The maximum atomic E-state index is 12.2. The summed E-state index contributed by atoms with van der Waals surface area (Å²) in [7, 11) is 0. The number of non-ortho nitro benzene ring substituents is 1. The molecule has 2 aromatic rings. The smallest absolute Gasteiger partial charge is 0.269 e. The van der Waals surface area contributed by atoms with Crippen molar-refractivity contribution < 1.29 is 9.72 Å². The Morgan fingerprint density at radius 3 is 2.27 bits per heavy atom. The minimum absolute atomic E-state index is 0.0146. The minimum Gasteiger partial charge on any atom is -0.272 e. The van der Waals surface area contributed by atoms with Gasteiger partial charge in [-0.05, 0) is 48.1 Å². The van der Waals surface area contributed by atoms with Gasteiger partial charge in [-0.25, -0.2) is 5.43 Å². The van der Waals surface area contributed by atoms with Gasteiger partial charge in [-0.2, -0.15) is 5.10 Å².